The van der Waals surface area contributed by atoms with Crippen molar-refractivity contribution in [1.29, 1.82) is 0 Å². The maximum atomic E-state index is 12.5. The summed E-state index contributed by atoms with van der Waals surface area (Å²) in [5.41, 5.74) is 2.70. The molecule has 128 valence electrons. The van der Waals surface area contributed by atoms with E-state index in [1.807, 2.05) is 32.0 Å². The molecule has 0 bridgehead atoms. The smallest absolute Gasteiger partial charge is 0.251 e. The predicted molar refractivity (Wildman–Crippen MR) is 93.8 cm³/mol. The van der Waals surface area contributed by atoms with Gasteiger partial charge in [-0.1, -0.05) is 0 Å². The van der Waals surface area contributed by atoms with E-state index in [0.29, 0.717) is 5.56 Å². The number of amides is 1. The molecule has 1 fully saturated rings. The number of nitrogens with one attached hydrogen (secondary N) is 2. The second-order valence-corrected chi connectivity index (χ2v) is 6.32. The molecule has 1 aromatic heterocycles. The molecular weight excluding hydrogens is 304 g/mol. The average molecular weight is 328 g/mol. The number of hydrogen-bond acceptors (Lipinski definition) is 4. The Bertz CT molecular complexity index is 718. The summed E-state index contributed by atoms with van der Waals surface area (Å²) in [5, 5.41) is 10.4. The van der Waals surface area contributed by atoms with Gasteiger partial charge in [0.05, 0.1) is 7.11 Å². The van der Waals surface area contributed by atoms with Crippen LogP contribution in [0, 0.1) is 13.8 Å². The third-order valence-electron chi connectivity index (χ3n) is 4.52. The first-order chi connectivity index (χ1) is 11.6. The summed E-state index contributed by atoms with van der Waals surface area (Å²) in [6.07, 6.45) is 1.85. The minimum atomic E-state index is -0.00998. The number of anilines is 1. The number of rotatable bonds is 4. The van der Waals surface area contributed by atoms with Crippen LogP contribution in [-0.2, 0) is 0 Å². The molecule has 2 heterocycles. The van der Waals surface area contributed by atoms with Crippen LogP contribution in [0.15, 0.2) is 24.3 Å². The lowest BCUT2D eigenvalue weighted by atomic mass is 10.0. The Labute approximate surface area is 142 Å². The van der Waals surface area contributed by atoms with E-state index in [1.54, 1.807) is 7.11 Å². The van der Waals surface area contributed by atoms with Crippen LogP contribution in [0.4, 0.5) is 5.82 Å². The zero-order valence-corrected chi connectivity index (χ0v) is 14.4. The van der Waals surface area contributed by atoms with Gasteiger partial charge in [0.15, 0.2) is 5.82 Å². The van der Waals surface area contributed by atoms with Crippen LogP contribution in [0.2, 0.25) is 0 Å². The Balaban J connectivity index is 1.57. The normalized spacial score (nSPS) is 15.4. The van der Waals surface area contributed by atoms with Gasteiger partial charge in [-0.3, -0.25) is 9.89 Å². The minimum absolute atomic E-state index is 0.00998. The number of piperidine rings is 1. The largest absolute Gasteiger partial charge is 0.497 e. The standard InChI is InChI=1S/C18H24N4O2/c1-12-10-15(24-3)4-5-16(12)18(23)19-14-6-8-22(9-7-14)17-11-13(2)20-21-17/h4-5,10-11,14H,6-9H2,1-3H3,(H,19,23)(H,20,21). The highest BCUT2D eigenvalue weighted by atomic mass is 16.5. The van der Waals surface area contributed by atoms with Crippen molar-refractivity contribution in [3.05, 3.63) is 41.1 Å². The fourth-order valence-electron chi connectivity index (χ4n) is 3.10. The van der Waals surface area contributed by atoms with E-state index in [9.17, 15) is 4.79 Å². The number of aromatic amines is 1. The fraction of sp³-hybridized carbons (Fsp3) is 0.444. The molecule has 24 heavy (non-hydrogen) atoms. The first kappa shape index (κ1) is 16.4. The third kappa shape index (κ3) is 3.53. The monoisotopic (exact) mass is 328 g/mol. The van der Waals surface area contributed by atoms with Gasteiger partial charge < -0.3 is 15.0 Å². The number of nitrogens with zero attached hydrogens (tertiary/aromatic N) is 2. The topological polar surface area (TPSA) is 70.2 Å². The second kappa shape index (κ2) is 6.95. The molecule has 0 spiro atoms. The number of H-pyrrole nitrogens is 1. The molecule has 2 aromatic rings. The van der Waals surface area contributed by atoms with Crippen molar-refractivity contribution in [2.24, 2.45) is 0 Å². The Hall–Kier alpha value is -2.50. The zero-order valence-electron chi connectivity index (χ0n) is 14.4. The molecule has 0 saturated carbocycles. The number of ether oxygens (including phenoxy) is 1. The molecule has 1 aromatic carbocycles. The summed E-state index contributed by atoms with van der Waals surface area (Å²) in [6.45, 7) is 5.73. The quantitative estimate of drug-likeness (QED) is 0.904. The van der Waals surface area contributed by atoms with Crippen LogP contribution in [0.1, 0.15) is 34.5 Å². The van der Waals surface area contributed by atoms with Crippen LogP contribution in [-0.4, -0.2) is 42.3 Å². The molecule has 0 unspecified atom stereocenters. The van der Waals surface area contributed by atoms with Gasteiger partial charge in [0.2, 0.25) is 0 Å². The summed E-state index contributed by atoms with van der Waals surface area (Å²) in [5.74, 6) is 1.75. The Morgan fingerprint density at radius 2 is 2.04 bits per heavy atom. The van der Waals surface area contributed by atoms with E-state index in [0.717, 1.165) is 48.8 Å². The van der Waals surface area contributed by atoms with Crippen molar-refractivity contribution in [1.82, 2.24) is 15.5 Å². The van der Waals surface area contributed by atoms with Crippen LogP contribution in [0.25, 0.3) is 0 Å². The number of carbonyl (C=O) groups is 1. The Morgan fingerprint density at radius 1 is 1.29 bits per heavy atom. The summed E-state index contributed by atoms with van der Waals surface area (Å²) in [6, 6.07) is 7.79. The fourth-order valence-corrected chi connectivity index (χ4v) is 3.10. The molecule has 6 heteroatoms. The maximum absolute atomic E-state index is 12.5. The molecule has 2 N–H and O–H groups in total. The Morgan fingerprint density at radius 3 is 2.62 bits per heavy atom. The second-order valence-electron chi connectivity index (χ2n) is 6.32. The summed E-state index contributed by atoms with van der Waals surface area (Å²) in [4.78, 5) is 14.8. The summed E-state index contributed by atoms with van der Waals surface area (Å²) >= 11 is 0. The highest BCUT2D eigenvalue weighted by Gasteiger charge is 2.23. The zero-order chi connectivity index (χ0) is 17.1. The van der Waals surface area contributed by atoms with Gasteiger partial charge in [-0.05, 0) is 50.5 Å². The molecule has 0 aliphatic carbocycles. The highest BCUT2D eigenvalue weighted by Crippen LogP contribution is 2.20. The van der Waals surface area contributed by atoms with Crippen LogP contribution in [0.3, 0.4) is 0 Å². The molecule has 1 amide bonds. The van der Waals surface area contributed by atoms with E-state index in [4.69, 9.17) is 4.74 Å². The number of hydrogen-bond donors (Lipinski definition) is 2. The van der Waals surface area contributed by atoms with E-state index in [-0.39, 0.29) is 11.9 Å². The van der Waals surface area contributed by atoms with E-state index in [2.05, 4.69) is 26.5 Å². The number of carbonyl (C=O) groups excluding carboxylic acids is 1. The number of benzene rings is 1. The lowest BCUT2D eigenvalue weighted by Gasteiger charge is -2.32. The molecule has 3 rings (SSSR count). The van der Waals surface area contributed by atoms with Crippen LogP contribution < -0.4 is 15.0 Å². The van der Waals surface area contributed by atoms with E-state index >= 15 is 0 Å². The van der Waals surface area contributed by atoms with Crippen LogP contribution in [0.5, 0.6) is 5.75 Å². The lowest BCUT2D eigenvalue weighted by Crippen LogP contribution is -2.45. The SMILES string of the molecule is COc1ccc(C(=O)NC2CCN(c3cc(C)[nH]n3)CC2)c(C)c1. The van der Waals surface area contributed by atoms with Gasteiger partial charge in [-0.2, -0.15) is 5.10 Å². The van der Waals surface area contributed by atoms with Gasteiger partial charge in [-0.15, -0.1) is 0 Å². The van der Waals surface area contributed by atoms with E-state index in [1.165, 1.54) is 0 Å². The van der Waals surface area contributed by atoms with Crippen molar-refractivity contribution in [3.8, 4) is 5.75 Å². The van der Waals surface area contributed by atoms with Gasteiger partial charge in [-0.25, -0.2) is 0 Å². The first-order valence-corrected chi connectivity index (χ1v) is 8.29. The number of aromatic nitrogens is 2. The molecule has 1 saturated heterocycles. The van der Waals surface area contributed by atoms with Gasteiger partial charge >= 0.3 is 0 Å². The molecule has 1 aliphatic rings. The minimum Gasteiger partial charge on any atom is -0.497 e. The molecule has 1 aliphatic heterocycles. The molecule has 6 nitrogen and oxygen atoms in total. The lowest BCUT2D eigenvalue weighted by molar-refractivity contribution is 0.0930. The van der Waals surface area contributed by atoms with Crippen molar-refractivity contribution >= 4 is 11.7 Å². The predicted octanol–water partition coefficient (Wildman–Crippen LogP) is 2.43. The Kier molecular flexibility index (Phi) is 4.74. The van der Waals surface area contributed by atoms with Crippen LogP contribution >= 0.6 is 0 Å². The average Bonchev–Trinajstić information content (AvgIpc) is 3.01. The van der Waals surface area contributed by atoms with Crippen molar-refractivity contribution in [2.75, 3.05) is 25.1 Å². The van der Waals surface area contributed by atoms with E-state index < -0.39 is 0 Å². The van der Waals surface area contributed by atoms with Gasteiger partial charge in [0.1, 0.15) is 5.75 Å². The van der Waals surface area contributed by atoms with Crippen molar-refractivity contribution in [3.63, 3.8) is 0 Å². The summed E-state index contributed by atoms with van der Waals surface area (Å²) in [7, 11) is 1.63. The van der Waals surface area contributed by atoms with Crippen molar-refractivity contribution in [2.45, 2.75) is 32.7 Å². The van der Waals surface area contributed by atoms with Gasteiger partial charge in [0.25, 0.3) is 5.91 Å². The molecule has 0 atom stereocenters. The number of methoxy groups -OCH3 is 1. The number of aryl methyl sites for hydroxylation is 2. The van der Waals surface area contributed by atoms with Crippen molar-refractivity contribution < 1.29 is 9.53 Å². The first-order valence-electron chi connectivity index (χ1n) is 8.29. The maximum Gasteiger partial charge on any atom is 0.251 e. The highest BCUT2D eigenvalue weighted by molar-refractivity contribution is 5.96. The molecular formula is C18H24N4O2. The molecule has 0 radical (unpaired) electrons. The third-order valence-corrected chi connectivity index (χ3v) is 4.52. The van der Waals surface area contributed by atoms with Gasteiger partial charge in [0, 0.05) is 36.5 Å². The summed E-state index contributed by atoms with van der Waals surface area (Å²) < 4.78 is 5.19.